The maximum atomic E-state index is 14.2. The molecule has 5 nitrogen and oxygen atoms in total. The Morgan fingerprint density at radius 2 is 2.00 bits per heavy atom. The highest BCUT2D eigenvalue weighted by Crippen LogP contribution is 2.35. The van der Waals surface area contributed by atoms with Crippen LogP contribution in [0, 0.1) is 5.82 Å². The number of halogens is 1. The Morgan fingerprint density at radius 1 is 1.19 bits per heavy atom. The number of rotatable bonds is 6. The zero-order chi connectivity index (χ0) is 15.2. The molecule has 1 aromatic carbocycles. The lowest BCUT2D eigenvalue weighted by atomic mass is 10.1. The second-order valence-electron chi connectivity index (χ2n) is 4.38. The van der Waals surface area contributed by atoms with E-state index in [0.717, 1.165) is 13.0 Å². The van der Waals surface area contributed by atoms with E-state index in [9.17, 15) is 4.39 Å². The highest BCUT2D eigenvalue weighted by molar-refractivity contribution is 5.73. The maximum Gasteiger partial charge on any atom is 0.187 e. The number of nitrogens with zero attached hydrogens (tertiary/aromatic N) is 2. The summed E-state index contributed by atoms with van der Waals surface area (Å²) in [4.78, 5) is 8.29. The normalized spacial score (nSPS) is 10.3. The molecular formula is C15H18FN3O2. The summed E-state index contributed by atoms with van der Waals surface area (Å²) in [6, 6.07) is 4.61. The van der Waals surface area contributed by atoms with Crippen LogP contribution in [0.4, 0.5) is 10.2 Å². The molecule has 0 radical (unpaired) electrons. The third-order valence-electron chi connectivity index (χ3n) is 2.98. The van der Waals surface area contributed by atoms with Gasteiger partial charge in [0.25, 0.3) is 0 Å². The molecule has 0 aliphatic carbocycles. The van der Waals surface area contributed by atoms with Crippen LogP contribution in [0.1, 0.15) is 13.3 Å². The predicted octanol–water partition coefficient (Wildman–Crippen LogP) is 3.12. The van der Waals surface area contributed by atoms with Crippen molar-refractivity contribution in [2.75, 3.05) is 26.1 Å². The summed E-state index contributed by atoms with van der Waals surface area (Å²) in [5, 5.41) is 3.14. The molecule has 1 N–H and O–H groups in total. The lowest BCUT2D eigenvalue weighted by Gasteiger charge is -2.13. The quantitative estimate of drug-likeness (QED) is 0.886. The number of hydrogen-bond acceptors (Lipinski definition) is 5. The van der Waals surface area contributed by atoms with Gasteiger partial charge in [0.15, 0.2) is 11.6 Å². The zero-order valence-corrected chi connectivity index (χ0v) is 12.3. The van der Waals surface area contributed by atoms with Crippen molar-refractivity contribution in [3.63, 3.8) is 0 Å². The maximum absolute atomic E-state index is 14.2. The largest absolute Gasteiger partial charge is 0.497 e. The first-order chi connectivity index (χ1) is 10.2. The Morgan fingerprint density at radius 3 is 2.62 bits per heavy atom. The molecule has 0 aliphatic heterocycles. The average Bonchev–Trinajstić information content (AvgIpc) is 2.52. The third-order valence-corrected chi connectivity index (χ3v) is 2.98. The first-order valence-corrected chi connectivity index (χ1v) is 6.68. The van der Waals surface area contributed by atoms with Gasteiger partial charge in [0.1, 0.15) is 23.6 Å². The molecule has 0 saturated carbocycles. The van der Waals surface area contributed by atoms with E-state index in [1.54, 1.807) is 12.1 Å². The van der Waals surface area contributed by atoms with Crippen LogP contribution in [0.25, 0.3) is 11.3 Å². The second kappa shape index (κ2) is 6.88. The third kappa shape index (κ3) is 3.21. The number of methoxy groups -OCH3 is 2. The van der Waals surface area contributed by atoms with Crippen LogP contribution in [-0.4, -0.2) is 30.7 Å². The van der Waals surface area contributed by atoms with E-state index in [1.807, 2.05) is 6.92 Å². The number of anilines is 1. The molecule has 6 heteroatoms. The second-order valence-corrected chi connectivity index (χ2v) is 4.38. The van der Waals surface area contributed by atoms with E-state index < -0.39 is 5.82 Å². The van der Waals surface area contributed by atoms with Crippen molar-refractivity contribution in [3.05, 3.63) is 30.3 Å². The standard InChI is InChI=1S/C15H18FN3O2/c1-4-7-17-15-14(21-3)13(18-9-19-15)11-6-5-10(20-2)8-12(11)16/h5-6,8-9H,4,7H2,1-3H3,(H,17,18,19). The molecule has 0 bridgehead atoms. The molecular weight excluding hydrogens is 273 g/mol. The van der Waals surface area contributed by atoms with Crippen molar-refractivity contribution in [2.24, 2.45) is 0 Å². The summed E-state index contributed by atoms with van der Waals surface area (Å²) >= 11 is 0. The van der Waals surface area contributed by atoms with Crippen LogP contribution in [0.3, 0.4) is 0 Å². The zero-order valence-electron chi connectivity index (χ0n) is 12.3. The van der Waals surface area contributed by atoms with Gasteiger partial charge in [-0.05, 0) is 18.6 Å². The monoisotopic (exact) mass is 291 g/mol. The Labute approximate surface area is 123 Å². The highest BCUT2D eigenvalue weighted by Gasteiger charge is 2.17. The minimum atomic E-state index is -0.423. The predicted molar refractivity (Wildman–Crippen MR) is 79.3 cm³/mol. The lowest BCUT2D eigenvalue weighted by Crippen LogP contribution is -2.06. The van der Waals surface area contributed by atoms with Gasteiger partial charge in [-0.15, -0.1) is 0 Å². The fraction of sp³-hybridized carbons (Fsp3) is 0.333. The molecule has 1 heterocycles. The van der Waals surface area contributed by atoms with Crippen molar-refractivity contribution < 1.29 is 13.9 Å². The van der Waals surface area contributed by atoms with Crippen LogP contribution in [0.5, 0.6) is 11.5 Å². The van der Waals surface area contributed by atoms with Crippen molar-refractivity contribution >= 4 is 5.82 Å². The molecule has 0 aliphatic rings. The molecule has 2 rings (SSSR count). The van der Waals surface area contributed by atoms with Crippen LogP contribution < -0.4 is 14.8 Å². The Hall–Kier alpha value is -2.37. The van der Waals surface area contributed by atoms with Gasteiger partial charge in [0.2, 0.25) is 0 Å². The highest BCUT2D eigenvalue weighted by atomic mass is 19.1. The van der Waals surface area contributed by atoms with Crippen molar-refractivity contribution in [1.29, 1.82) is 0 Å². The fourth-order valence-corrected chi connectivity index (χ4v) is 1.94. The molecule has 1 aromatic heterocycles. The number of nitrogens with one attached hydrogen (secondary N) is 1. The topological polar surface area (TPSA) is 56.3 Å². The van der Waals surface area contributed by atoms with Gasteiger partial charge in [0, 0.05) is 18.2 Å². The number of benzene rings is 1. The molecule has 0 saturated heterocycles. The van der Waals surface area contributed by atoms with Crippen LogP contribution in [-0.2, 0) is 0 Å². The van der Waals surface area contributed by atoms with Crippen LogP contribution in [0.15, 0.2) is 24.5 Å². The minimum absolute atomic E-state index is 0.342. The fourth-order valence-electron chi connectivity index (χ4n) is 1.94. The Balaban J connectivity index is 2.48. The molecule has 0 fully saturated rings. The van der Waals surface area contributed by atoms with Crippen LogP contribution >= 0.6 is 0 Å². The van der Waals surface area contributed by atoms with Gasteiger partial charge >= 0.3 is 0 Å². The van der Waals surface area contributed by atoms with E-state index in [1.165, 1.54) is 26.6 Å². The summed E-state index contributed by atoms with van der Waals surface area (Å²) in [5.41, 5.74) is 0.751. The molecule has 112 valence electrons. The SMILES string of the molecule is CCCNc1ncnc(-c2ccc(OC)cc2F)c1OC. The van der Waals surface area contributed by atoms with Gasteiger partial charge in [0.05, 0.1) is 14.2 Å². The molecule has 21 heavy (non-hydrogen) atoms. The van der Waals surface area contributed by atoms with E-state index >= 15 is 0 Å². The molecule has 0 atom stereocenters. The molecule has 2 aromatic rings. The summed E-state index contributed by atoms with van der Waals surface area (Å²) in [6.45, 7) is 2.79. The molecule has 0 unspecified atom stereocenters. The number of ether oxygens (including phenoxy) is 2. The smallest absolute Gasteiger partial charge is 0.187 e. The molecule has 0 spiro atoms. The number of hydrogen-bond donors (Lipinski definition) is 1. The summed E-state index contributed by atoms with van der Waals surface area (Å²) < 4.78 is 24.6. The van der Waals surface area contributed by atoms with Gasteiger partial charge in [-0.25, -0.2) is 14.4 Å². The van der Waals surface area contributed by atoms with Gasteiger partial charge < -0.3 is 14.8 Å². The van der Waals surface area contributed by atoms with E-state index in [-0.39, 0.29) is 0 Å². The van der Waals surface area contributed by atoms with E-state index in [0.29, 0.717) is 28.6 Å². The Bertz CT molecular complexity index is 620. The van der Waals surface area contributed by atoms with Crippen molar-refractivity contribution in [1.82, 2.24) is 9.97 Å². The summed E-state index contributed by atoms with van der Waals surface area (Å²) in [5.74, 6) is 1.01. The lowest BCUT2D eigenvalue weighted by molar-refractivity contribution is 0.410. The van der Waals surface area contributed by atoms with Gasteiger partial charge in [-0.2, -0.15) is 0 Å². The minimum Gasteiger partial charge on any atom is -0.497 e. The number of aromatic nitrogens is 2. The summed E-state index contributed by atoms with van der Waals surface area (Å²) in [6.07, 6.45) is 2.33. The van der Waals surface area contributed by atoms with Crippen molar-refractivity contribution in [3.8, 4) is 22.8 Å². The first kappa shape index (κ1) is 15.0. The van der Waals surface area contributed by atoms with E-state index in [2.05, 4.69) is 15.3 Å². The van der Waals surface area contributed by atoms with E-state index in [4.69, 9.17) is 9.47 Å². The first-order valence-electron chi connectivity index (χ1n) is 6.68. The molecule has 0 amide bonds. The summed E-state index contributed by atoms with van der Waals surface area (Å²) in [7, 11) is 3.01. The van der Waals surface area contributed by atoms with Crippen LogP contribution in [0.2, 0.25) is 0 Å². The van der Waals surface area contributed by atoms with Gasteiger partial charge in [-0.1, -0.05) is 6.92 Å². The Kier molecular flexibility index (Phi) is 4.92. The van der Waals surface area contributed by atoms with Crippen molar-refractivity contribution in [2.45, 2.75) is 13.3 Å². The average molecular weight is 291 g/mol. The van der Waals surface area contributed by atoms with Gasteiger partial charge in [-0.3, -0.25) is 0 Å².